The molecule has 3 unspecified atom stereocenters. The summed E-state index contributed by atoms with van der Waals surface area (Å²) in [4.78, 5) is 42.6. The van der Waals surface area contributed by atoms with Gasteiger partial charge in [-0.25, -0.2) is 0 Å². The first-order chi connectivity index (χ1) is 26.0. The Bertz CT molecular complexity index is 2210. The molecule has 0 spiro atoms. The third kappa shape index (κ3) is 5.67. The number of fused-ring (bicyclic) bond motifs is 4. The molecule has 3 atom stereocenters. The average molecular weight is 698 g/mol. The van der Waals surface area contributed by atoms with Gasteiger partial charge in [-0.1, -0.05) is 91.0 Å². The number of carbonyl (C=O) groups is 2. The summed E-state index contributed by atoms with van der Waals surface area (Å²) in [5, 5.41) is 0. The monoisotopic (exact) mass is 697 g/mol. The van der Waals surface area contributed by atoms with E-state index in [-0.39, 0.29) is 24.1 Å². The highest BCUT2D eigenvalue weighted by molar-refractivity contribution is 6.32. The van der Waals surface area contributed by atoms with Gasteiger partial charge in [-0.05, 0) is 71.4 Å². The molecule has 6 aliphatic rings. The Labute approximate surface area is 309 Å². The number of ketones is 2. The number of allylic oxidation sites excluding steroid dienone is 2. The molecule has 8 bridgehead atoms. The van der Waals surface area contributed by atoms with Crippen LogP contribution >= 0.6 is 0 Å². The van der Waals surface area contributed by atoms with Crippen LogP contribution in [0.5, 0.6) is 0 Å². The summed E-state index contributed by atoms with van der Waals surface area (Å²) in [5.74, 6) is -1.20. The number of rotatable bonds is 6. The van der Waals surface area contributed by atoms with Gasteiger partial charge in [0.2, 0.25) is 0 Å². The van der Waals surface area contributed by atoms with Crippen molar-refractivity contribution in [1.82, 2.24) is 4.98 Å². The molecule has 3 aromatic rings. The molecule has 0 saturated carbocycles. The first-order valence-corrected chi connectivity index (χ1v) is 18.5. The van der Waals surface area contributed by atoms with Crippen molar-refractivity contribution >= 4 is 29.1 Å². The lowest BCUT2D eigenvalue weighted by molar-refractivity contribution is -0.131. The standard InChI is InChI=1S/C46H39N3O4/c1-29-44(50)39-25-36-19-20-48-42-31(28-53-46(33-11-5-2-6-12-33,34-13-7-3-8-14-34)35-15-9-4-10-16-35)18-17-30-23-38(40-27-47-26-32(40)24-37(30)42)41(45(29)51)43(39)49-21-22-52-36/h2-16,21,23-27,29,31,39H,17-20,22,28H2,1H3/b36-25-,48-42?,49-21?. The molecule has 0 radical (unpaired) electrons. The molecule has 0 amide bonds. The normalized spacial score (nSPS) is 22.2. The Morgan fingerprint density at radius 3 is 2.17 bits per heavy atom. The van der Waals surface area contributed by atoms with Crippen LogP contribution in [0.1, 0.15) is 53.1 Å². The lowest BCUT2D eigenvalue weighted by atomic mass is 9.75. The molecule has 7 nitrogen and oxygen atoms in total. The largest absolute Gasteiger partial charge is 0.493 e. The fourth-order valence-electron chi connectivity index (χ4n) is 8.53. The average Bonchev–Trinajstić information content (AvgIpc) is 3.59. The van der Waals surface area contributed by atoms with E-state index in [0.717, 1.165) is 63.1 Å². The number of Topliss-reactive ketones (excluding diaryl/α,β-unsaturated/α-hetero) is 2. The summed E-state index contributed by atoms with van der Waals surface area (Å²) in [6.45, 7) is 2.83. The van der Waals surface area contributed by atoms with Gasteiger partial charge in [0.05, 0.1) is 29.9 Å². The summed E-state index contributed by atoms with van der Waals surface area (Å²) >= 11 is 0. The topological polar surface area (TPSA) is 90.2 Å². The number of aromatic nitrogens is 1. The van der Waals surface area contributed by atoms with E-state index >= 15 is 0 Å². The summed E-state index contributed by atoms with van der Waals surface area (Å²) < 4.78 is 13.5. The van der Waals surface area contributed by atoms with Crippen molar-refractivity contribution in [2.45, 2.75) is 31.8 Å². The van der Waals surface area contributed by atoms with Crippen molar-refractivity contribution in [2.24, 2.45) is 27.7 Å². The number of aliphatic imine (C=N–C) groups is 2. The van der Waals surface area contributed by atoms with Crippen molar-refractivity contribution in [2.75, 3.05) is 19.8 Å². The zero-order valence-electron chi connectivity index (χ0n) is 29.6. The van der Waals surface area contributed by atoms with Gasteiger partial charge in [0.15, 0.2) is 11.6 Å². The van der Waals surface area contributed by atoms with Gasteiger partial charge in [0.1, 0.15) is 12.2 Å². The molecular weight excluding hydrogens is 659 g/mol. The van der Waals surface area contributed by atoms with E-state index < -0.39 is 17.4 Å². The molecule has 0 N–H and O–H groups in total. The van der Waals surface area contributed by atoms with Crippen LogP contribution in [0.4, 0.5) is 0 Å². The number of nitrogens with zero attached hydrogens (tertiary/aromatic N) is 3. The van der Waals surface area contributed by atoms with Crippen LogP contribution in [0.15, 0.2) is 143 Å². The number of aryl methyl sites for hydroxylation is 1. The van der Waals surface area contributed by atoms with Crippen molar-refractivity contribution in [3.8, 4) is 11.1 Å². The second kappa shape index (κ2) is 13.6. The van der Waals surface area contributed by atoms with Crippen LogP contribution < -0.4 is 0 Å². The number of hydrogen-bond acceptors (Lipinski definition) is 7. The second-order valence-electron chi connectivity index (χ2n) is 14.2. The van der Waals surface area contributed by atoms with Gasteiger partial charge in [0.25, 0.3) is 0 Å². The van der Waals surface area contributed by atoms with E-state index in [0.29, 0.717) is 36.6 Å². The van der Waals surface area contributed by atoms with E-state index in [9.17, 15) is 9.59 Å². The van der Waals surface area contributed by atoms with Crippen LogP contribution in [0, 0.1) is 17.8 Å². The fourth-order valence-corrected chi connectivity index (χ4v) is 8.53. The summed E-state index contributed by atoms with van der Waals surface area (Å²) in [7, 11) is 0. The van der Waals surface area contributed by atoms with Crippen LogP contribution in [0.25, 0.3) is 16.7 Å². The molecule has 3 aliphatic carbocycles. The summed E-state index contributed by atoms with van der Waals surface area (Å²) in [5.41, 5.74) is 8.91. The molecule has 0 aromatic heterocycles. The van der Waals surface area contributed by atoms with Gasteiger partial charge >= 0.3 is 0 Å². The van der Waals surface area contributed by atoms with Gasteiger partial charge in [0, 0.05) is 59.9 Å². The van der Waals surface area contributed by atoms with E-state index in [4.69, 9.17) is 19.5 Å². The first-order valence-electron chi connectivity index (χ1n) is 18.5. The minimum absolute atomic E-state index is 0.0310. The van der Waals surface area contributed by atoms with Gasteiger partial charge < -0.3 is 9.47 Å². The first kappa shape index (κ1) is 33.1. The van der Waals surface area contributed by atoms with Crippen LogP contribution in [0.3, 0.4) is 0 Å². The quantitative estimate of drug-likeness (QED) is 0.132. The van der Waals surface area contributed by atoms with Gasteiger partial charge in [-0.15, -0.1) is 0 Å². The highest BCUT2D eigenvalue weighted by Gasteiger charge is 2.43. The Balaban J connectivity index is 1.21. The molecule has 3 aromatic carbocycles. The van der Waals surface area contributed by atoms with E-state index in [1.165, 1.54) is 0 Å². The molecule has 7 heteroatoms. The third-order valence-corrected chi connectivity index (χ3v) is 11.2. The highest BCUT2D eigenvalue weighted by atomic mass is 16.5. The smallest absolute Gasteiger partial charge is 0.175 e. The molecular formula is C46H39N3O4. The van der Waals surface area contributed by atoms with Gasteiger partial charge in [-0.3, -0.25) is 24.6 Å². The Hall–Kier alpha value is -5.79. The number of benzene rings is 3. The maximum Gasteiger partial charge on any atom is 0.175 e. The van der Waals surface area contributed by atoms with Crippen molar-refractivity contribution < 1.29 is 19.1 Å². The molecule has 9 rings (SSSR count). The van der Waals surface area contributed by atoms with Crippen LogP contribution in [-0.4, -0.2) is 48.2 Å². The van der Waals surface area contributed by atoms with Crippen LogP contribution in [0.2, 0.25) is 0 Å². The molecule has 53 heavy (non-hydrogen) atoms. The van der Waals surface area contributed by atoms with Crippen molar-refractivity contribution in [3.05, 3.63) is 166 Å². The predicted molar refractivity (Wildman–Crippen MR) is 206 cm³/mol. The summed E-state index contributed by atoms with van der Waals surface area (Å²) in [6, 6.07) is 35.7. The Morgan fingerprint density at radius 2 is 1.49 bits per heavy atom. The summed E-state index contributed by atoms with van der Waals surface area (Å²) in [6.07, 6.45) is 9.29. The Kier molecular flexibility index (Phi) is 8.51. The highest BCUT2D eigenvalue weighted by Crippen LogP contribution is 2.45. The van der Waals surface area contributed by atoms with Crippen LogP contribution in [-0.2, 0) is 31.1 Å². The molecule has 0 fully saturated rings. The minimum atomic E-state index is -0.867. The van der Waals surface area contributed by atoms with E-state index in [1.807, 2.05) is 36.7 Å². The SMILES string of the molecule is CC1C(=O)C2=C3N=CCO/C(=C\C3C1=O)CCN=C1c3cc4cncc-4c2cc3CCC1COC(c1ccccc1)(c1ccccc1)c1ccccc1. The fraction of sp³-hybridized carbons (Fsp3) is 0.239. The minimum Gasteiger partial charge on any atom is -0.493 e. The lowest BCUT2D eigenvalue weighted by Gasteiger charge is -2.38. The molecule has 0 saturated heterocycles. The second-order valence-corrected chi connectivity index (χ2v) is 14.2. The third-order valence-electron chi connectivity index (χ3n) is 11.2. The van der Waals surface area contributed by atoms with E-state index in [1.54, 1.807) is 13.1 Å². The Morgan fingerprint density at radius 1 is 0.811 bits per heavy atom. The molecule has 3 aliphatic heterocycles. The lowest BCUT2D eigenvalue weighted by Crippen LogP contribution is -2.37. The van der Waals surface area contributed by atoms with Gasteiger partial charge in [-0.2, -0.15) is 0 Å². The zero-order chi connectivity index (χ0) is 35.9. The number of hydrogen-bond donors (Lipinski definition) is 0. The van der Waals surface area contributed by atoms with Crippen molar-refractivity contribution in [1.29, 1.82) is 0 Å². The maximum atomic E-state index is 14.2. The zero-order valence-corrected chi connectivity index (χ0v) is 29.6. The molecule has 262 valence electrons. The molecule has 3 heterocycles. The predicted octanol–water partition coefficient (Wildman–Crippen LogP) is 8.05. The number of ether oxygens (including phenoxy) is 2. The van der Waals surface area contributed by atoms with E-state index in [2.05, 4.69) is 89.9 Å². The number of carbonyl (C=O) groups excluding carboxylic acids is 2. The maximum absolute atomic E-state index is 14.2. The van der Waals surface area contributed by atoms with Crippen molar-refractivity contribution in [3.63, 3.8) is 0 Å².